The van der Waals surface area contributed by atoms with Gasteiger partial charge in [-0.2, -0.15) is 0 Å². The highest BCUT2D eigenvalue weighted by Crippen LogP contribution is 2.33. The minimum absolute atomic E-state index is 0.0765. The van der Waals surface area contributed by atoms with Crippen LogP contribution in [0.5, 0.6) is 5.75 Å². The van der Waals surface area contributed by atoms with Crippen molar-refractivity contribution < 1.29 is 14.3 Å². The normalized spacial score (nSPS) is 25.0. The Bertz CT molecular complexity index is 393. The van der Waals surface area contributed by atoms with Crippen molar-refractivity contribution in [3.63, 3.8) is 0 Å². The van der Waals surface area contributed by atoms with Crippen LogP contribution in [0.2, 0.25) is 0 Å². The smallest absolute Gasteiger partial charge is 0.246 e. The third-order valence-corrected chi connectivity index (χ3v) is 2.82. The fraction of sp³-hybridized carbons (Fsp3) is 0.417. The van der Waals surface area contributed by atoms with Crippen LogP contribution in [0.1, 0.15) is 12.5 Å². The molecule has 0 saturated carbocycles. The minimum Gasteiger partial charge on any atom is -0.496 e. The lowest BCUT2D eigenvalue weighted by molar-refractivity contribution is -0.142. The summed E-state index contributed by atoms with van der Waals surface area (Å²) in [5.41, 5.74) is 0.443. The molecule has 1 fully saturated rings. The van der Waals surface area contributed by atoms with Crippen molar-refractivity contribution in [3.05, 3.63) is 29.8 Å². The zero-order valence-electron chi connectivity index (χ0n) is 9.45. The van der Waals surface area contributed by atoms with Gasteiger partial charge in [-0.15, -0.1) is 0 Å². The monoisotopic (exact) mass is 221 g/mol. The summed E-state index contributed by atoms with van der Waals surface area (Å²) in [6.07, 6.45) is 0. The molecule has 1 heterocycles. The maximum atomic E-state index is 11.1. The highest BCUT2D eigenvalue weighted by molar-refractivity contribution is 5.78. The van der Waals surface area contributed by atoms with Crippen molar-refractivity contribution in [1.82, 2.24) is 5.32 Å². The Morgan fingerprint density at radius 2 is 2.19 bits per heavy atom. The Morgan fingerprint density at radius 3 is 2.81 bits per heavy atom. The number of methoxy groups -OCH3 is 1. The van der Waals surface area contributed by atoms with Gasteiger partial charge in [0.05, 0.1) is 13.7 Å². The number of morpholine rings is 1. The molecule has 4 heteroatoms. The number of rotatable bonds is 2. The summed E-state index contributed by atoms with van der Waals surface area (Å²) >= 11 is 0. The predicted molar refractivity (Wildman–Crippen MR) is 59.3 cm³/mol. The van der Waals surface area contributed by atoms with Gasteiger partial charge in [-0.1, -0.05) is 18.2 Å². The van der Waals surface area contributed by atoms with Crippen LogP contribution in [0.4, 0.5) is 0 Å². The minimum atomic E-state index is -0.513. The van der Waals surface area contributed by atoms with Gasteiger partial charge in [-0.25, -0.2) is 0 Å². The highest BCUT2D eigenvalue weighted by Gasteiger charge is 2.34. The van der Waals surface area contributed by atoms with Gasteiger partial charge in [-0.05, 0) is 13.0 Å². The summed E-state index contributed by atoms with van der Waals surface area (Å²) in [6.45, 7) is 2.51. The molecular weight excluding hydrogens is 206 g/mol. The molecule has 1 unspecified atom stereocenters. The van der Waals surface area contributed by atoms with Gasteiger partial charge in [0.1, 0.15) is 18.0 Å². The molecule has 1 atom stereocenters. The van der Waals surface area contributed by atoms with E-state index in [-0.39, 0.29) is 12.5 Å². The third-order valence-electron chi connectivity index (χ3n) is 2.82. The van der Waals surface area contributed by atoms with Crippen molar-refractivity contribution in [3.8, 4) is 5.75 Å². The van der Waals surface area contributed by atoms with Crippen molar-refractivity contribution in [1.29, 1.82) is 0 Å². The van der Waals surface area contributed by atoms with E-state index in [0.29, 0.717) is 6.54 Å². The molecule has 0 aliphatic carbocycles. The van der Waals surface area contributed by atoms with E-state index in [1.165, 1.54) is 0 Å². The summed E-state index contributed by atoms with van der Waals surface area (Å²) in [5.74, 6) is 0.702. The Hall–Kier alpha value is -1.55. The van der Waals surface area contributed by atoms with Crippen molar-refractivity contribution in [2.75, 3.05) is 20.3 Å². The average molecular weight is 221 g/mol. The van der Waals surface area contributed by atoms with Crippen LogP contribution >= 0.6 is 0 Å². The van der Waals surface area contributed by atoms with E-state index >= 15 is 0 Å². The molecule has 1 N–H and O–H groups in total. The van der Waals surface area contributed by atoms with Crippen molar-refractivity contribution in [2.45, 2.75) is 12.5 Å². The Kier molecular flexibility index (Phi) is 2.83. The summed E-state index contributed by atoms with van der Waals surface area (Å²) in [4.78, 5) is 11.1. The zero-order chi connectivity index (χ0) is 11.6. The highest BCUT2D eigenvalue weighted by atomic mass is 16.5. The fourth-order valence-corrected chi connectivity index (χ4v) is 1.85. The predicted octanol–water partition coefficient (Wildman–Crippen LogP) is 1.06. The van der Waals surface area contributed by atoms with E-state index in [2.05, 4.69) is 5.32 Å². The second kappa shape index (κ2) is 4.14. The van der Waals surface area contributed by atoms with E-state index in [4.69, 9.17) is 9.47 Å². The molecule has 0 radical (unpaired) electrons. The molecule has 1 amide bonds. The van der Waals surface area contributed by atoms with E-state index < -0.39 is 5.60 Å². The van der Waals surface area contributed by atoms with Crippen LogP contribution in [0.25, 0.3) is 0 Å². The molecule has 1 aliphatic heterocycles. The number of carbonyl (C=O) groups excluding carboxylic acids is 1. The summed E-state index contributed by atoms with van der Waals surface area (Å²) in [5, 5.41) is 2.80. The van der Waals surface area contributed by atoms with Crippen LogP contribution in [-0.4, -0.2) is 26.2 Å². The number of para-hydroxylation sites is 1. The number of hydrogen-bond acceptors (Lipinski definition) is 3. The first-order chi connectivity index (χ1) is 7.65. The molecule has 86 valence electrons. The molecule has 16 heavy (non-hydrogen) atoms. The number of hydrogen-bond donors (Lipinski definition) is 1. The molecule has 1 aromatic rings. The quantitative estimate of drug-likeness (QED) is 0.812. The molecule has 2 rings (SSSR count). The molecule has 0 spiro atoms. The number of carbonyl (C=O) groups is 1. The lowest BCUT2D eigenvalue weighted by atomic mass is 9.93. The van der Waals surface area contributed by atoms with Gasteiger partial charge in [0.15, 0.2) is 0 Å². The van der Waals surface area contributed by atoms with Crippen molar-refractivity contribution in [2.24, 2.45) is 0 Å². The Balaban J connectivity index is 2.32. The average Bonchev–Trinajstić information content (AvgIpc) is 2.33. The standard InChI is InChI=1S/C12H15NO3/c1-12(8-13-11(14)7-16-12)9-5-3-4-6-10(9)15-2/h3-6H,7-8H2,1-2H3,(H,13,14). The first-order valence-electron chi connectivity index (χ1n) is 5.20. The zero-order valence-corrected chi connectivity index (χ0v) is 9.45. The maximum Gasteiger partial charge on any atom is 0.246 e. The van der Waals surface area contributed by atoms with Gasteiger partial charge in [0.25, 0.3) is 0 Å². The van der Waals surface area contributed by atoms with Gasteiger partial charge in [0, 0.05) is 5.56 Å². The molecule has 0 aromatic heterocycles. The number of amides is 1. The maximum absolute atomic E-state index is 11.1. The Labute approximate surface area is 94.6 Å². The van der Waals surface area contributed by atoms with Crippen LogP contribution < -0.4 is 10.1 Å². The van der Waals surface area contributed by atoms with Gasteiger partial charge >= 0.3 is 0 Å². The first kappa shape index (κ1) is 11.0. The van der Waals surface area contributed by atoms with Gasteiger partial charge in [-0.3, -0.25) is 4.79 Å². The summed E-state index contributed by atoms with van der Waals surface area (Å²) in [7, 11) is 1.63. The second-order valence-corrected chi connectivity index (χ2v) is 4.00. The topological polar surface area (TPSA) is 47.6 Å². The van der Waals surface area contributed by atoms with E-state index in [0.717, 1.165) is 11.3 Å². The molecule has 1 aliphatic rings. The summed E-state index contributed by atoms with van der Waals surface area (Å²) < 4.78 is 10.9. The number of nitrogens with one attached hydrogen (secondary N) is 1. The van der Waals surface area contributed by atoms with Crippen LogP contribution in [-0.2, 0) is 15.1 Å². The fourth-order valence-electron chi connectivity index (χ4n) is 1.85. The van der Waals surface area contributed by atoms with Gasteiger partial charge < -0.3 is 14.8 Å². The third kappa shape index (κ3) is 1.88. The lowest BCUT2D eigenvalue weighted by Gasteiger charge is -2.35. The molecule has 4 nitrogen and oxygen atoms in total. The Morgan fingerprint density at radius 1 is 1.44 bits per heavy atom. The van der Waals surface area contributed by atoms with E-state index in [1.54, 1.807) is 7.11 Å². The number of benzene rings is 1. The molecule has 1 aromatic carbocycles. The second-order valence-electron chi connectivity index (χ2n) is 4.00. The summed E-state index contributed by atoms with van der Waals surface area (Å²) in [6, 6.07) is 7.69. The lowest BCUT2D eigenvalue weighted by Crippen LogP contribution is -2.48. The van der Waals surface area contributed by atoms with Gasteiger partial charge in [0.2, 0.25) is 5.91 Å². The van der Waals surface area contributed by atoms with E-state index in [1.807, 2.05) is 31.2 Å². The molecule has 1 saturated heterocycles. The first-order valence-corrected chi connectivity index (χ1v) is 5.20. The van der Waals surface area contributed by atoms with Crippen LogP contribution in [0.3, 0.4) is 0 Å². The number of ether oxygens (including phenoxy) is 2. The largest absolute Gasteiger partial charge is 0.496 e. The molecule has 0 bridgehead atoms. The van der Waals surface area contributed by atoms with Crippen LogP contribution in [0.15, 0.2) is 24.3 Å². The van der Waals surface area contributed by atoms with E-state index in [9.17, 15) is 4.79 Å². The van der Waals surface area contributed by atoms with Crippen molar-refractivity contribution >= 4 is 5.91 Å². The SMILES string of the molecule is COc1ccccc1C1(C)CNC(=O)CO1. The van der Waals surface area contributed by atoms with Crippen LogP contribution in [0, 0.1) is 0 Å². The molecular formula is C12H15NO3.